The summed E-state index contributed by atoms with van der Waals surface area (Å²) in [5.41, 5.74) is 1.18. The maximum Gasteiger partial charge on any atom is 0.126 e. The zero-order valence-corrected chi connectivity index (χ0v) is 11.2. The second-order valence-electron chi connectivity index (χ2n) is 4.71. The first-order chi connectivity index (χ1) is 8.22. The molecule has 1 rings (SSSR count). The lowest BCUT2D eigenvalue weighted by Gasteiger charge is -2.08. The molecule has 0 atom stereocenters. The number of hydrogen-bond acceptors (Lipinski definition) is 3. The van der Waals surface area contributed by atoms with Gasteiger partial charge < -0.3 is 10.1 Å². The Labute approximate surface area is 105 Å². The molecular weight excluding hydrogens is 212 g/mol. The molecule has 3 nitrogen and oxygen atoms in total. The van der Waals surface area contributed by atoms with Gasteiger partial charge in [0, 0.05) is 19.3 Å². The molecule has 0 unspecified atom stereocenters. The number of rotatable bonds is 8. The van der Waals surface area contributed by atoms with E-state index < -0.39 is 0 Å². The summed E-state index contributed by atoms with van der Waals surface area (Å²) in [7, 11) is 0. The third-order valence-electron chi connectivity index (χ3n) is 2.49. The summed E-state index contributed by atoms with van der Waals surface area (Å²) in [6.45, 7) is 9.04. The Hall–Kier alpha value is -1.09. The Balaban J connectivity index is 2.32. The fraction of sp³-hybridized carbons (Fsp3) is 0.643. The molecule has 0 radical (unpaired) electrons. The highest BCUT2D eigenvalue weighted by molar-refractivity contribution is 5.37. The summed E-state index contributed by atoms with van der Waals surface area (Å²) in [6.07, 6.45) is 4.06. The molecule has 3 heteroatoms. The number of nitrogens with one attached hydrogen (secondary N) is 1. The topological polar surface area (TPSA) is 34.1 Å². The van der Waals surface area contributed by atoms with Gasteiger partial charge in [0.2, 0.25) is 0 Å². The van der Waals surface area contributed by atoms with Gasteiger partial charge in [-0.25, -0.2) is 4.98 Å². The maximum atomic E-state index is 5.63. The van der Waals surface area contributed by atoms with Gasteiger partial charge >= 0.3 is 0 Å². The maximum absolute atomic E-state index is 5.63. The van der Waals surface area contributed by atoms with Gasteiger partial charge in [-0.2, -0.15) is 0 Å². The van der Waals surface area contributed by atoms with Crippen molar-refractivity contribution in [1.29, 1.82) is 0 Å². The van der Waals surface area contributed by atoms with Crippen molar-refractivity contribution in [2.24, 2.45) is 5.92 Å². The molecule has 0 aliphatic rings. The Morgan fingerprint density at radius 2 is 2.24 bits per heavy atom. The number of hydrogen-bond donors (Lipinski definition) is 1. The van der Waals surface area contributed by atoms with Crippen LogP contribution in [0.25, 0.3) is 0 Å². The van der Waals surface area contributed by atoms with Crippen molar-refractivity contribution in [3.8, 4) is 0 Å². The smallest absolute Gasteiger partial charge is 0.126 e. The number of anilines is 1. The molecule has 1 N–H and O–H groups in total. The van der Waals surface area contributed by atoms with Crippen molar-refractivity contribution in [3.63, 3.8) is 0 Å². The third kappa shape index (κ3) is 6.27. The van der Waals surface area contributed by atoms with Crippen LogP contribution in [0.2, 0.25) is 0 Å². The Kier molecular flexibility index (Phi) is 6.63. The number of nitrogens with zero attached hydrogens (tertiary/aromatic N) is 1. The minimum Gasteiger partial charge on any atom is -0.377 e. The van der Waals surface area contributed by atoms with Gasteiger partial charge in [0.15, 0.2) is 0 Å². The van der Waals surface area contributed by atoms with Gasteiger partial charge in [-0.1, -0.05) is 20.8 Å². The monoisotopic (exact) mass is 236 g/mol. The van der Waals surface area contributed by atoms with Gasteiger partial charge in [0.1, 0.15) is 5.82 Å². The lowest BCUT2D eigenvalue weighted by molar-refractivity contribution is 0.110. The minimum absolute atomic E-state index is 0.677. The van der Waals surface area contributed by atoms with E-state index in [0.717, 1.165) is 31.8 Å². The highest BCUT2D eigenvalue weighted by Crippen LogP contribution is 2.09. The second kappa shape index (κ2) is 8.07. The van der Waals surface area contributed by atoms with E-state index in [4.69, 9.17) is 4.74 Å². The quantitative estimate of drug-likeness (QED) is 0.702. The summed E-state index contributed by atoms with van der Waals surface area (Å²) in [4.78, 5) is 4.27. The summed E-state index contributed by atoms with van der Waals surface area (Å²) < 4.78 is 5.63. The average Bonchev–Trinajstić information content (AvgIpc) is 2.32. The Morgan fingerprint density at radius 3 is 2.94 bits per heavy atom. The number of pyridine rings is 1. The minimum atomic E-state index is 0.677. The van der Waals surface area contributed by atoms with E-state index in [1.807, 2.05) is 12.3 Å². The summed E-state index contributed by atoms with van der Waals surface area (Å²) in [5, 5.41) is 3.28. The van der Waals surface area contributed by atoms with Crippen molar-refractivity contribution < 1.29 is 4.74 Å². The van der Waals surface area contributed by atoms with Crippen molar-refractivity contribution in [3.05, 3.63) is 23.9 Å². The van der Waals surface area contributed by atoms with Gasteiger partial charge in [-0.05, 0) is 36.5 Å². The van der Waals surface area contributed by atoms with Crippen LogP contribution in [-0.4, -0.2) is 18.1 Å². The van der Waals surface area contributed by atoms with Crippen LogP contribution in [-0.2, 0) is 11.3 Å². The average molecular weight is 236 g/mol. The summed E-state index contributed by atoms with van der Waals surface area (Å²) in [5.74, 6) is 1.64. The molecule has 1 aromatic rings. The largest absolute Gasteiger partial charge is 0.377 e. The lowest BCUT2D eigenvalue weighted by atomic mass is 10.1. The van der Waals surface area contributed by atoms with E-state index in [2.05, 4.69) is 37.1 Å². The highest BCUT2D eigenvalue weighted by Gasteiger charge is 1.98. The molecule has 17 heavy (non-hydrogen) atoms. The molecule has 0 spiro atoms. The van der Waals surface area contributed by atoms with E-state index in [0.29, 0.717) is 12.5 Å². The SMILES string of the molecule is CCCNc1cc(COCCC(C)C)ccn1. The van der Waals surface area contributed by atoms with E-state index in [-0.39, 0.29) is 0 Å². The van der Waals surface area contributed by atoms with Gasteiger partial charge in [0.05, 0.1) is 6.61 Å². The second-order valence-corrected chi connectivity index (χ2v) is 4.71. The van der Waals surface area contributed by atoms with E-state index in [9.17, 15) is 0 Å². The van der Waals surface area contributed by atoms with Crippen molar-refractivity contribution in [1.82, 2.24) is 4.98 Å². The molecule has 0 aromatic carbocycles. The molecule has 0 saturated carbocycles. The zero-order chi connectivity index (χ0) is 12.5. The molecule has 0 bridgehead atoms. The van der Waals surface area contributed by atoms with Crippen LogP contribution in [0.5, 0.6) is 0 Å². The first-order valence-electron chi connectivity index (χ1n) is 6.49. The zero-order valence-electron chi connectivity index (χ0n) is 11.2. The highest BCUT2D eigenvalue weighted by atomic mass is 16.5. The van der Waals surface area contributed by atoms with Crippen molar-refractivity contribution in [2.45, 2.75) is 40.2 Å². The van der Waals surface area contributed by atoms with Gasteiger partial charge in [-0.15, -0.1) is 0 Å². The number of ether oxygens (including phenoxy) is 1. The molecule has 0 aliphatic heterocycles. The standard InChI is InChI=1S/C14H24N2O/c1-4-7-15-14-10-13(5-8-16-14)11-17-9-6-12(2)3/h5,8,10,12H,4,6-7,9,11H2,1-3H3,(H,15,16). The van der Waals surface area contributed by atoms with Crippen LogP contribution in [0.4, 0.5) is 5.82 Å². The van der Waals surface area contributed by atoms with E-state index >= 15 is 0 Å². The number of aromatic nitrogens is 1. The molecule has 0 amide bonds. The van der Waals surface area contributed by atoms with Crippen molar-refractivity contribution >= 4 is 5.82 Å². The van der Waals surface area contributed by atoms with Gasteiger partial charge in [0.25, 0.3) is 0 Å². The van der Waals surface area contributed by atoms with Crippen LogP contribution in [0.15, 0.2) is 18.3 Å². The third-order valence-corrected chi connectivity index (χ3v) is 2.49. The van der Waals surface area contributed by atoms with Crippen LogP contribution >= 0.6 is 0 Å². The van der Waals surface area contributed by atoms with Gasteiger partial charge in [-0.3, -0.25) is 0 Å². The summed E-state index contributed by atoms with van der Waals surface area (Å²) >= 11 is 0. The Bertz CT molecular complexity index is 313. The van der Waals surface area contributed by atoms with E-state index in [1.54, 1.807) is 0 Å². The lowest BCUT2D eigenvalue weighted by Crippen LogP contribution is -2.03. The first-order valence-corrected chi connectivity index (χ1v) is 6.49. The normalized spacial score (nSPS) is 10.8. The van der Waals surface area contributed by atoms with Crippen LogP contribution in [0.1, 0.15) is 39.2 Å². The van der Waals surface area contributed by atoms with Crippen LogP contribution in [0.3, 0.4) is 0 Å². The molecule has 0 fully saturated rings. The molecular formula is C14H24N2O. The fourth-order valence-corrected chi connectivity index (χ4v) is 1.42. The van der Waals surface area contributed by atoms with Crippen molar-refractivity contribution in [2.75, 3.05) is 18.5 Å². The predicted octanol–water partition coefficient (Wildman–Crippen LogP) is 3.47. The fourth-order valence-electron chi connectivity index (χ4n) is 1.42. The Morgan fingerprint density at radius 1 is 1.41 bits per heavy atom. The van der Waals surface area contributed by atoms with Crippen LogP contribution in [0, 0.1) is 5.92 Å². The first kappa shape index (κ1) is 14.0. The molecule has 1 heterocycles. The summed E-state index contributed by atoms with van der Waals surface area (Å²) in [6, 6.07) is 4.07. The van der Waals surface area contributed by atoms with E-state index in [1.165, 1.54) is 5.56 Å². The molecule has 0 aliphatic carbocycles. The molecule has 0 saturated heterocycles. The molecule has 1 aromatic heterocycles. The van der Waals surface area contributed by atoms with Crippen LogP contribution < -0.4 is 5.32 Å². The molecule has 96 valence electrons. The predicted molar refractivity (Wildman–Crippen MR) is 72.1 cm³/mol.